The summed E-state index contributed by atoms with van der Waals surface area (Å²) in [6, 6.07) is 4.99. The van der Waals surface area contributed by atoms with E-state index in [9.17, 15) is 4.79 Å². The molecule has 0 aliphatic heterocycles. The molecule has 0 atom stereocenters. The number of hydrogen-bond acceptors (Lipinski definition) is 1. The quantitative estimate of drug-likeness (QED) is 0.762. The van der Waals surface area contributed by atoms with E-state index in [0.717, 1.165) is 15.7 Å². The Bertz CT molecular complexity index is 312. The number of hydrogen-bond donors (Lipinski definition) is 2. The fraction of sp³-hybridized carbons (Fsp3) is 0.125. The summed E-state index contributed by atoms with van der Waals surface area (Å²) in [4.78, 5) is 10.5. The second kappa shape index (κ2) is 3.58. The monoisotopic (exact) mass is 228 g/mol. The van der Waals surface area contributed by atoms with Crippen LogP contribution in [0.15, 0.2) is 22.7 Å². The highest BCUT2D eigenvalue weighted by atomic mass is 79.9. The predicted molar refractivity (Wildman–Crippen MR) is 52.1 cm³/mol. The van der Waals surface area contributed by atoms with E-state index in [2.05, 4.69) is 21.2 Å². The number of nitrogens with two attached hydrogens (primary N) is 1. The number of benzene rings is 1. The van der Waals surface area contributed by atoms with Crippen LogP contribution in [0.3, 0.4) is 0 Å². The standard InChI is InChI=1S/C8H9BrN2O/c1-5-6(9)3-2-4-7(5)11-8(10)12/h2-4H,1H3,(H3,10,11,12). The third kappa shape index (κ3) is 1.98. The Kier molecular flexibility index (Phi) is 2.70. The number of halogens is 1. The van der Waals surface area contributed by atoms with Crippen molar-refractivity contribution in [2.45, 2.75) is 6.92 Å². The summed E-state index contributed by atoms with van der Waals surface area (Å²) in [6.07, 6.45) is 0. The molecule has 1 aromatic carbocycles. The molecule has 0 saturated heterocycles. The summed E-state index contributed by atoms with van der Waals surface area (Å²) in [6.45, 7) is 1.90. The predicted octanol–water partition coefficient (Wildman–Crippen LogP) is 2.25. The molecular weight excluding hydrogens is 220 g/mol. The van der Waals surface area contributed by atoms with Crippen LogP contribution in [0.4, 0.5) is 10.5 Å². The van der Waals surface area contributed by atoms with Gasteiger partial charge in [-0.15, -0.1) is 0 Å². The van der Waals surface area contributed by atoms with Gasteiger partial charge in [0.2, 0.25) is 0 Å². The Balaban J connectivity index is 3.00. The van der Waals surface area contributed by atoms with Gasteiger partial charge in [-0.25, -0.2) is 4.79 Å². The van der Waals surface area contributed by atoms with Crippen molar-refractivity contribution < 1.29 is 4.79 Å². The lowest BCUT2D eigenvalue weighted by molar-refractivity contribution is 0.259. The summed E-state index contributed by atoms with van der Waals surface area (Å²) in [5, 5.41) is 2.52. The second-order valence-corrected chi connectivity index (χ2v) is 3.26. The lowest BCUT2D eigenvalue weighted by atomic mass is 10.2. The minimum Gasteiger partial charge on any atom is -0.351 e. The zero-order valence-corrected chi connectivity index (χ0v) is 8.18. The molecule has 64 valence electrons. The van der Waals surface area contributed by atoms with Gasteiger partial charge in [-0.2, -0.15) is 0 Å². The van der Waals surface area contributed by atoms with E-state index in [-0.39, 0.29) is 0 Å². The van der Waals surface area contributed by atoms with Crippen LogP contribution in [-0.2, 0) is 0 Å². The normalized spacial score (nSPS) is 9.50. The van der Waals surface area contributed by atoms with E-state index >= 15 is 0 Å². The van der Waals surface area contributed by atoms with Crippen LogP contribution < -0.4 is 11.1 Å². The van der Waals surface area contributed by atoms with E-state index < -0.39 is 6.03 Å². The highest BCUT2D eigenvalue weighted by molar-refractivity contribution is 9.10. The third-order valence-corrected chi connectivity index (χ3v) is 2.38. The molecule has 1 rings (SSSR count). The molecule has 12 heavy (non-hydrogen) atoms. The topological polar surface area (TPSA) is 55.1 Å². The number of urea groups is 1. The van der Waals surface area contributed by atoms with Gasteiger partial charge in [-0.3, -0.25) is 0 Å². The number of carbonyl (C=O) groups is 1. The highest BCUT2D eigenvalue weighted by Gasteiger charge is 2.01. The molecule has 3 nitrogen and oxygen atoms in total. The lowest BCUT2D eigenvalue weighted by Crippen LogP contribution is -2.19. The summed E-state index contributed by atoms with van der Waals surface area (Å²) in [5.74, 6) is 0. The first-order chi connectivity index (χ1) is 5.61. The first-order valence-electron chi connectivity index (χ1n) is 3.43. The van der Waals surface area contributed by atoms with Gasteiger partial charge < -0.3 is 11.1 Å². The van der Waals surface area contributed by atoms with Crippen molar-refractivity contribution in [3.63, 3.8) is 0 Å². The Hall–Kier alpha value is -1.03. The lowest BCUT2D eigenvalue weighted by Gasteiger charge is -2.06. The molecule has 0 unspecified atom stereocenters. The first-order valence-corrected chi connectivity index (χ1v) is 4.22. The molecule has 0 spiro atoms. The molecule has 4 heteroatoms. The highest BCUT2D eigenvalue weighted by Crippen LogP contribution is 2.22. The molecule has 0 radical (unpaired) electrons. The van der Waals surface area contributed by atoms with Crippen molar-refractivity contribution in [3.8, 4) is 0 Å². The fourth-order valence-electron chi connectivity index (χ4n) is 0.876. The van der Waals surface area contributed by atoms with Crippen molar-refractivity contribution in [3.05, 3.63) is 28.2 Å². The maximum atomic E-state index is 10.5. The molecule has 0 aliphatic carbocycles. The molecule has 0 saturated carbocycles. The summed E-state index contributed by atoms with van der Waals surface area (Å²) in [7, 11) is 0. The fourth-order valence-corrected chi connectivity index (χ4v) is 1.24. The Morgan fingerprint density at radius 1 is 1.58 bits per heavy atom. The number of amides is 2. The van der Waals surface area contributed by atoms with Crippen molar-refractivity contribution in [1.82, 2.24) is 0 Å². The summed E-state index contributed by atoms with van der Waals surface area (Å²) < 4.78 is 0.953. The molecule has 3 N–H and O–H groups in total. The Morgan fingerprint density at radius 3 is 2.83 bits per heavy atom. The third-order valence-electron chi connectivity index (χ3n) is 1.53. The van der Waals surface area contributed by atoms with Crippen LogP contribution in [0.2, 0.25) is 0 Å². The molecular formula is C8H9BrN2O. The van der Waals surface area contributed by atoms with E-state index in [1.54, 1.807) is 6.07 Å². The largest absolute Gasteiger partial charge is 0.351 e. The van der Waals surface area contributed by atoms with Gasteiger partial charge in [0.1, 0.15) is 0 Å². The van der Waals surface area contributed by atoms with Gasteiger partial charge in [0, 0.05) is 10.2 Å². The van der Waals surface area contributed by atoms with Crippen molar-refractivity contribution >= 4 is 27.6 Å². The van der Waals surface area contributed by atoms with Crippen LogP contribution in [-0.4, -0.2) is 6.03 Å². The number of rotatable bonds is 1. The van der Waals surface area contributed by atoms with E-state index in [1.807, 2.05) is 19.1 Å². The van der Waals surface area contributed by atoms with Gasteiger partial charge in [-0.1, -0.05) is 22.0 Å². The maximum absolute atomic E-state index is 10.5. The number of anilines is 1. The van der Waals surface area contributed by atoms with Crippen LogP contribution in [0.25, 0.3) is 0 Å². The van der Waals surface area contributed by atoms with Gasteiger partial charge in [-0.05, 0) is 24.6 Å². The Labute approximate surface area is 79.1 Å². The molecule has 1 aromatic rings. The smallest absolute Gasteiger partial charge is 0.316 e. The minimum absolute atomic E-state index is 0.545. The number of primary amides is 1. The van der Waals surface area contributed by atoms with Crippen LogP contribution in [0.5, 0.6) is 0 Å². The van der Waals surface area contributed by atoms with Crippen molar-refractivity contribution in [1.29, 1.82) is 0 Å². The summed E-state index contributed by atoms with van der Waals surface area (Å²) >= 11 is 3.34. The number of carbonyl (C=O) groups excluding carboxylic acids is 1. The van der Waals surface area contributed by atoms with Crippen molar-refractivity contribution in [2.24, 2.45) is 5.73 Å². The minimum atomic E-state index is -0.545. The molecule has 0 aromatic heterocycles. The van der Waals surface area contributed by atoms with Gasteiger partial charge in [0.15, 0.2) is 0 Å². The average molecular weight is 229 g/mol. The van der Waals surface area contributed by atoms with Crippen LogP contribution in [0, 0.1) is 6.92 Å². The second-order valence-electron chi connectivity index (χ2n) is 2.40. The van der Waals surface area contributed by atoms with E-state index in [0.29, 0.717) is 0 Å². The van der Waals surface area contributed by atoms with E-state index in [1.165, 1.54) is 0 Å². The zero-order chi connectivity index (χ0) is 9.14. The average Bonchev–Trinajstić information content (AvgIpc) is 1.98. The molecule has 0 fully saturated rings. The van der Waals surface area contributed by atoms with Crippen molar-refractivity contribution in [2.75, 3.05) is 5.32 Å². The summed E-state index contributed by atoms with van der Waals surface area (Å²) in [5.41, 5.74) is 6.68. The first kappa shape index (κ1) is 9.06. The van der Waals surface area contributed by atoms with Crippen LogP contribution >= 0.6 is 15.9 Å². The SMILES string of the molecule is Cc1c(Br)cccc1NC(N)=O. The Morgan fingerprint density at radius 2 is 2.25 bits per heavy atom. The van der Waals surface area contributed by atoms with Crippen LogP contribution in [0.1, 0.15) is 5.56 Å². The number of nitrogens with one attached hydrogen (secondary N) is 1. The van der Waals surface area contributed by atoms with E-state index in [4.69, 9.17) is 5.73 Å². The van der Waals surface area contributed by atoms with Gasteiger partial charge in [0.05, 0.1) is 0 Å². The maximum Gasteiger partial charge on any atom is 0.316 e. The molecule has 0 heterocycles. The molecule has 0 bridgehead atoms. The molecule has 0 aliphatic rings. The van der Waals surface area contributed by atoms with Gasteiger partial charge >= 0.3 is 6.03 Å². The zero-order valence-electron chi connectivity index (χ0n) is 6.60. The molecule has 2 amide bonds. The van der Waals surface area contributed by atoms with Gasteiger partial charge in [0.25, 0.3) is 0 Å².